The van der Waals surface area contributed by atoms with Gasteiger partial charge in [0.25, 0.3) is 0 Å². The zero-order valence-electron chi connectivity index (χ0n) is 9.82. The van der Waals surface area contributed by atoms with E-state index in [1.807, 2.05) is 0 Å². The Morgan fingerprint density at radius 3 is 2.50 bits per heavy atom. The first-order valence-corrected chi connectivity index (χ1v) is 6.69. The molecular weight excluding hydrogens is 264 g/mol. The molecule has 2 nitrogen and oxygen atoms in total. The van der Waals surface area contributed by atoms with Gasteiger partial charge in [-0.15, -0.1) is 0 Å². The molecule has 1 aliphatic rings. The normalized spacial score (nSPS) is 18.9. The van der Waals surface area contributed by atoms with E-state index in [2.05, 4.69) is 57.0 Å². The highest BCUT2D eigenvalue weighted by atomic mass is 79.9. The van der Waals surface area contributed by atoms with Gasteiger partial charge in [-0.2, -0.15) is 0 Å². The van der Waals surface area contributed by atoms with Crippen molar-refractivity contribution in [3.05, 3.63) is 34.3 Å². The lowest BCUT2D eigenvalue weighted by Gasteiger charge is -2.32. The van der Waals surface area contributed by atoms with Crippen LogP contribution in [-0.4, -0.2) is 49.6 Å². The Morgan fingerprint density at radius 2 is 1.81 bits per heavy atom. The summed E-state index contributed by atoms with van der Waals surface area (Å²) in [5.74, 6) is 0. The van der Waals surface area contributed by atoms with Gasteiger partial charge in [0, 0.05) is 37.2 Å². The van der Waals surface area contributed by atoms with Gasteiger partial charge in [-0.1, -0.05) is 34.1 Å². The Labute approximate surface area is 106 Å². The molecule has 0 radical (unpaired) electrons. The third kappa shape index (κ3) is 3.30. The van der Waals surface area contributed by atoms with Crippen LogP contribution in [0.2, 0.25) is 0 Å². The highest BCUT2D eigenvalue weighted by molar-refractivity contribution is 9.10. The number of halogens is 1. The summed E-state index contributed by atoms with van der Waals surface area (Å²) < 4.78 is 1.24. The molecule has 1 heterocycles. The van der Waals surface area contributed by atoms with Crippen LogP contribution in [0.15, 0.2) is 28.7 Å². The largest absolute Gasteiger partial charge is 0.304 e. The summed E-state index contributed by atoms with van der Waals surface area (Å²) in [7, 11) is 2.20. The van der Waals surface area contributed by atoms with Crippen molar-refractivity contribution in [1.82, 2.24) is 9.80 Å². The molecule has 1 aromatic carbocycles. The SMILES string of the molecule is CN1CCN(CCc2ccccc2Br)CC1. The minimum atomic E-state index is 1.14. The van der Waals surface area contributed by atoms with Crippen molar-refractivity contribution >= 4 is 15.9 Å². The van der Waals surface area contributed by atoms with Crippen molar-refractivity contribution in [3.63, 3.8) is 0 Å². The first kappa shape index (κ1) is 12.1. The molecule has 16 heavy (non-hydrogen) atoms. The van der Waals surface area contributed by atoms with E-state index in [-0.39, 0.29) is 0 Å². The molecule has 1 saturated heterocycles. The summed E-state index contributed by atoms with van der Waals surface area (Å²) >= 11 is 3.60. The summed E-state index contributed by atoms with van der Waals surface area (Å²) in [6.45, 7) is 6.00. The molecular formula is C13H19BrN2. The maximum atomic E-state index is 3.60. The van der Waals surface area contributed by atoms with Crippen LogP contribution in [0.4, 0.5) is 0 Å². The molecule has 0 spiro atoms. The van der Waals surface area contributed by atoms with Gasteiger partial charge in [-0.25, -0.2) is 0 Å². The zero-order chi connectivity index (χ0) is 11.4. The lowest BCUT2D eigenvalue weighted by Crippen LogP contribution is -2.45. The number of benzene rings is 1. The molecule has 0 unspecified atom stereocenters. The molecule has 0 amide bonds. The molecule has 88 valence electrons. The molecule has 1 fully saturated rings. The van der Waals surface area contributed by atoms with E-state index in [1.165, 1.54) is 42.8 Å². The van der Waals surface area contributed by atoms with Gasteiger partial charge in [0.15, 0.2) is 0 Å². The van der Waals surface area contributed by atoms with Crippen LogP contribution in [0.1, 0.15) is 5.56 Å². The molecule has 0 aromatic heterocycles. The fraction of sp³-hybridized carbons (Fsp3) is 0.538. The van der Waals surface area contributed by atoms with Crippen molar-refractivity contribution in [3.8, 4) is 0 Å². The van der Waals surface area contributed by atoms with E-state index < -0.39 is 0 Å². The Morgan fingerprint density at radius 1 is 1.12 bits per heavy atom. The molecule has 3 heteroatoms. The predicted molar refractivity (Wildman–Crippen MR) is 71.8 cm³/mol. The van der Waals surface area contributed by atoms with Gasteiger partial charge in [0.05, 0.1) is 0 Å². The quantitative estimate of drug-likeness (QED) is 0.839. The number of hydrogen-bond acceptors (Lipinski definition) is 2. The maximum absolute atomic E-state index is 3.60. The predicted octanol–water partition coefficient (Wildman–Crippen LogP) is 2.24. The minimum Gasteiger partial charge on any atom is -0.304 e. The molecule has 0 N–H and O–H groups in total. The van der Waals surface area contributed by atoms with Crippen molar-refractivity contribution in [1.29, 1.82) is 0 Å². The smallest absolute Gasteiger partial charge is 0.0207 e. The molecule has 0 saturated carbocycles. The second-order valence-corrected chi connectivity index (χ2v) is 5.34. The molecule has 0 aliphatic carbocycles. The standard InChI is InChI=1S/C13H19BrN2/c1-15-8-10-16(11-9-15)7-6-12-4-2-3-5-13(12)14/h2-5H,6-11H2,1H3. The van der Waals surface area contributed by atoms with Crippen molar-refractivity contribution in [2.75, 3.05) is 39.8 Å². The minimum absolute atomic E-state index is 1.14. The zero-order valence-corrected chi connectivity index (χ0v) is 11.4. The molecule has 2 rings (SSSR count). The highest BCUT2D eigenvalue weighted by Gasteiger charge is 2.13. The summed E-state index contributed by atoms with van der Waals surface area (Å²) in [5.41, 5.74) is 1.42. The summed E-state index contributed by atoms with van der Waals surface area (Å²) in [6, 6.07) is 8.52. The van der Waals surface area contributed by atoms with Crippen LogP contribution in [0.5, 0.6) is 0 Å². The molecule has 0 atom stereocenters. The Kier molecular flexibility index (Phi) is 4.38. The molecule has 1 aromatic rings. The fourth-order valence-corrected chi connectivity index (χ4v) is 2.53. The van der Waals surface area contributed by atoms with Gasteiger partial charge in [-0.05, 0) is 25.1 Å². The maximum Gasteiger partial charge on any atom is 0.0207 e. The topological polar surface area (TPSA) is 6.48 Å². The lowest BCUT2D eigenvalue weighted by molar-refractivity contribution is 0.155. The number of rotatable bonds is 3. The van der Waals surface area contributed by atoms with Crippen molar-refractivity contribution < 1.29 is 0 Å². The van der Waals surface area contributed by atoms with Crippen LogP contribution in [0.3, 0.4) is 0 Å². The first-order valence-electron chi connectivity index (χ1n) is 5.90. The van der Waals surface area contributed by atoms with Crippen LogP contribution >= 0.6 is 15.9 Å². The Balaban J connectivity index is 1.81. The van der Waals surface area contributed by atoms with Crippen molar-refractivity contribution in [2.24, 2.45) is 0 Å². The number of piperazine rings is 1. The van der Waals surface area contributed by atoms with E-state index >= 15 is 0 Å². The third-order valence-electron chi connectivity index (χ3n) is 3.25. The number of hydrogen-bond donors (Lipinski definition) is 0. The highest BCUT2D eigenvalue weighted by Crippen LogP contribution is 2.16. The Hall–Kier alpha value is -0.380. The van der Waals surface area contributed by atoms with Crippen LogP contribution in [0, 0.1) is 0 Å². The van der Waals surface area contributed by atoms with E-state index in [4.69, 9.17) is 0 Å². The molecule has 1 aliphatic heterocycles. The summed E-state index contributed by atoms with van der Waals surface area (Å²) in [4.78, 5) is 4.95. The fourth-order valence-electron chi connectivity index (χ4n) is 2.05. The van der Waals surface area contributed by atoms with Gasteiger partial charge in [-0.3, -0.25) is 0 Å². The third-order valence-corrected chi connectivity index (χ3v) is 4.02. The van der Waals surface area contributed by atoms with Gasteiger partial charge in [0.1, 0.15) is 0 Å². The summed E-state index contributed by atoms with van der Waals surface area (Å²) in [5, 5.41) is 0. The number of likely N-dealkylation sites (N-methyl/N-ethyl adjacent to an activating group) is 1. The molecule has 0 bridgehead atoms. The van der Waals surface area contributed by atoms with E-state index in [1.54, 1.807) is 0 Å². The van der Waals surface area contributed by atoms with Crippen LogP contribution in [-0.2, 0) is 6.42 Å². The monoisotopic (exact) mass is 282 g/mol. The van der Waals surface area contributed by atoms with E-state index in [0.29, 0.717) is 0 Å². The van der Waals surface area contributed by atoms with E-state index in [9.17, 15) is 0 Å². The lowest BCUT2D eigenvalue weighted by atomic mass is 10.1. The second-order valence-electron chi connectivity index (χ2n) is 4.49. The van der Waals surface area contributed by atoms with Crippen LogP contribution < -0.4 is 0 Å². The van der Waals surface area contributed by atoms with E-state index in [0.717, 1.165) is 6.42 Å². The van der Waals surface area contributed by atoms with Crippen molar-refractivity contribution in [2.45, 2.75) is 6.42 Å². The van der Waals surface area contributed by atoms with Gasteiger partial charge >= 0.3 is 0 Å². The second kappa shape index (κ2) is 5.80. The van der Waals surface area contributed by atoms with Gasteiger partial charge < -0.3 is 9.80 Å². The first-order chi connectivity index (χ1) is 7.75. The summed E-state index contributed by atoms with van der Waals surface area (Å²) in [6.07, 6.45) is 1.14. The van der Waals surface area contributed by atoms with Crippen LogP contribution in [0.25, 0.3) is 0 Å². The van der Waals surface area contributed by atoms with Gasteiger partial charge in [0.2, 0.25) is 0 Å². The Bertz CT molecular complexity index is 332. The average Bonchev–Trinajstić information content (AvgIpc) is 2.30. The average molecular weight is 283 g/mol. The number of nitrogens with zero attached hydrogens (tertiary/aromatic N) is 2.